The maximum atomic E-state index is 4.71. The summed E-state index contributed by atoms with van der Waals surface area (Å²) in [6.07, 6.45) is 0. The van der Waals surface area contributed by atoms with Gasteiger partial charge in [0.1, 0.15) is 4.32 Å². The molecule has 4 heteroatoms. The minimum atomic E-state index is 0. The van der Waals surface area contributed by atoms with Gasteiger partial charge < -0.3 is 8.59 Å². The smallest absolute Gasteiger partial charge is 1.00 e. The Balaban J connectivity index is -0.0000000150. The Morgan fingerprint density at radius 3 is 2.00 bits per heavy atom. The van der Waals surface area contributed by atoms with Crippen molar-refractivity contribution in [2.24, 2.45) is 5.73 Å². The van der Waals surface area contributed by atoms with Crippen LogP contribution in [0.25, 0.3) is 0 Å². The summed E-state index contributed by atoms with van der Waals surface area (Å²) >= 11 is 7.65. The summed E-state index contributed by atoms with van der Waals surface area (Å²) in [6, 6.07) is 0. The van der Waals surface area contributed by atoms with Gasteiger partial charge in [-0.1, -0.05) is 12.2 Å². The summed E-state index contributed by atoms with van der Waals surface area (Å²) < 4.78 is 0.194. The van der Waals surface area contributed by atoms with Crippen molar-refractivity contribution in [3.8, 4) is 0 Å². The molecule has 0 aromatic carbocycles. The normalized spacial score (nSPS) is 5.00. The van der Waals surface area contributed by atoms with Gasteiger partial charge in [-0.2, -0.15) is 0 Å². The van der Waals surface area contributed by atoms with E-state index in [0.29, 0.717) is 0 Å². The first-order chi connectivity index (χ1) is 1.73. The molecule has 0 aliphatic carbocycles. The quantitative estimate of drug-likeness (QED) is 0.278. The van der Waals surface area contributed by atoms with Crippen molar-refractivity contribution >= 4 is 66.9 Å². The van der Waals surface area contributed by atoms with Crippen molar-refractivity contribution < 1.29 is 2.85 Å². The summed E-state index contributed by atoms with van der Waals surface area (Å²) in [4.78, 5) is 0. The van der Waals surface area contributed by atoms with E-state index in [-0.39, 0.29) is 44.9 Å². The van der Waals surface area contributed by atoms with Gasteiger partial charge in [-0.15, -0.1) is 12.6 Å². The molecule has 0 aromatic rings. The molecule has 2 N–H and O–H groups in total. The first kappa shape index (κ1) is 9.71. The van der Waals surface area contributed by atoms with Crippen LogP contribution in [0.3, 0.4) is 0 Å². The molecule has 0 saturated heterocycles. The van der Waals surface area contributed by atoms with Crippen LogP contribution in [0.2, 0.25) is 0 Å². The molecule has 0 bridgehead atoms. The second-order valence-electron chi connectivity index (χ2n) is 0.338. The second kappa shape index (κ2) is 5.50. The van der Waals surface area contributed by atoms with Crippen LogP contribution in [0.4, 0.5) is 0 Å². The standard InChI is InChI=1S/CH3NS2.Ca.2H/c2-1(3)4;;;/h(H3,2,3,4);;;/q;+2;2*-1. The zero-order chi connectivity index (χ0) is 3.58. The zero-order valence-electron chi connectivity index (χ0n) is 4.64. The molecule has 0 aliphatic heterocycles. The third-order valence-corrected chi connectivity index (χ3v) is 0. The number of thiol groups is 1. The average Bonchev–Trinajstić information content (AvgIpc) is 0.811. The summed E-state index contributed by atoms with van der Waals surface area (Å²) in [7, 11) is 0. The number of thiocarbonyl (C=S) groups is 1. The van der Waals surface area contributed by atoms with Crippen LogP contribution in [0.15, 0.2) is 0 Å². The number of rotatable bonds is 0. The van der Waals surface area contributed by atoms with E-state index in [4.69, 9.17) is 5.73 Å². The van der Waals surface area contributed by atoms with Crippen LogP contribution in [0.1, 0.15) is 2.85 Å². The van der Waals surface area contributed by atoms with Crippen LogP contribution >= 0.6 is 24.8 Å². The Kier molecular flexibility index (Phi) is 10.7. The van der Waals surface area contributed by atoms with Crippen molar-refractivity contribution in [3.05, 3.63) is 0 Å². The van der Waals surface area contributed by atoms with Crippen LogP contribution in [-0.4, -0.2) is 42.1 Å². The summed E-state index contributed by atoms with van der Waals surface area (Å²) in [5.74, 6) is 0. The van der Waals surface area contributed by atoms with E-state index in [2.05, 4.69) is 24.8 Å². The van der Waals surface area contributed by atoms with Crippen molar-refractivity contribution in [2.45, 2.75) is 0 Å². The molecule has 0 spiro atoms. The molecule has 0 radical (unpaired) electrons. The molecule has 0 rings (SSSR count). The molecular weight excluding hydrogens is 130 g/mol. The zero-order valence-corrected chi connectivity index (χ0v) is 6.56. The van der Waals surface area contributed by atoms with Crippen LogP contribution in [0, 0.1) is 0 Å². The van der Waals surface area contributed by atoms with E-state index in [0.717, 1.165) is 0 Å². The molecule has 0 aromatic heterocycles. The number of nitrogens with two attached hydrogens (primary N) is 1. The van der Waals surface area contributed by atoms with Crippen LogP contribution < -0.4 is 5.73 Å². The summed E-state index contributed by atoms with van der Waals surface area (Å²) in [5, 5.41) is 0. The van der Waals surface area contributed by atoms with Crippen molar-refractivity contribution in [1.29, 1.82) is 0 Å². The molecular formula is CH5CaNS2. The van der Waals surface area contributed by atoms with Crippen LogP contribution in [-0.2, 0) is 0 Å². The van der Waals surface area contributed by atoms with E-state index in [1.807, 2.05) is 0 Å². The third-order valence-electron chi connectivity index (χ3n) is 0. The van der Waals surface area contributed by atoms with Crippen LogP contribution in [0.5, 0.6) is 0 Å². The fourth-order valence-electron chi connectivity index (χ4n) is 0. The van der Waals surface area contributed by atoms with E-state index in [1.165, 1.54) is 0 Å². The van der Waals surface area contributed by atoms with Gasteiger partial charge in [0.05, 0.1) is 0 Å². The van der Waals surface area contributed by atoms with Gasteiger partial charge in [0.15, 0.2) is 0 Å². The SMILES string of the molecule is NC(=S)S.[Ca+2].[H-].[H-]. The van der Waals surface area contributed by atoms with Gasteiger partial charge >= 0.3 is 37.7 Å². The van der Waals surface area contributed by atoms with Crippen molar-refractivity contribution in [1.82, 2.24) is 0 Å². The first-order valence-electron chi connectivity index (χ1n) is 0.716. The van der Waals surface area contributed by atoms with E-state index in [1.54, 1.807) is 0 Å². The van der Waals surface area contributed by atoms with Gasteiger partial charge in [-0.3, -0.25) is 0 Å². The summed E-state index contributed by atoms with van der Waals surface area (Å²) in [5.41, 5.74) is 4.71. The Hall–Kier alpha value is 1.50. The minimum absolute atomic E-state index is 0. The van der Waals surface area contributed by atoms with Gasteiger partial charge in [-0.25, -0.2) is 0 Å². The Morgan fingerprint density at radius 2 is 2.00 bits per heavy atom. The molecule has 1 nitrogen and oxygen atoms in total. The first-order valence-corrected chi connectivity index (χ1v) is 1.57. The van der Waals surface area contributed by atoms with Gasteiger partial charge in [0, 0.05) is 0 Å². The predicted octanol–water partition coefficient (Wildman–Crippen LogP) is 0.00400. The molecule has 5 heavy (non-hydrogen) atoms. The van der Waals surface area contributed by atoms with E-state index < -0.39 is 0 Å². The van der Waals surface area contributed by atoms with E-state index >= 15 is 0 Å². The molecule has 0 aliphatic rings. The fraction of sp³-hybridized carbons (Fsp3) is 0. The van der Waals surface area contributed by atoms with Gasteiger partial charge in [0.2, 0.25) is 0 Å². The molecule has 0 saturated carbocycles. The maximum Gasteiger partial charge on any atom is 2.00 e. The molecule has 28 valence electrons. The van der Waals surface area contributed by atoms with Crippen molar-refractivity contribution in [3.63, 3.8) is 0 Å². The molecule has 0 amide bonds. The molecule has 0 atom stereocenters. The Bertz CT molecular complexity index is 38.7. The third kappa shape index (κ3) is 29.9. The summed E-state index contributed by atoms with van der Waals surface area (Å²) in [6.45, 7) is 0. The molecule has 0 fully saturated rings. The van der Waals surface area contributed by atoms with Gasteiger partial charge in [0.25, 0.3) is 0 Å². The monoisotopic (exact) mass is 135 g/mol. The van der Waals surface area contributed by atoms with Crippen molar-refractivity contribution in [2.75, 3.05) is 0 Å². The molecule has 0 heterocycles. The second-order valence-corrected chi connectivity index (χ2v) is 1.56. The number of hydrogen-bond donors (Lipinski definition) is 2. The largest absolute Gasteiger partial charge is 2.00 e. The maximum absolute atomic E-state index is 4.71. The fourth-order valence-corrected chi connectivity index (χ4v) is 0. The van der Waals surface area contributed by atoms with E-state index in [9.17, 15) is 0 Å². The average molecular weight is 135 g/mol. The topological polar surface area (TPSA) is 26.0 Å². The Labute approximate surface area is 74.7 Å². The predicted molar refractivity (Wildman–Crippen MR) is 33.7 cm³/mol. The number of hydrogen-bond acceptors (Lipinski definition) is 1. The van der Waals surface area contributed by atoms with Gasteiger partial charge in [-0.05, 0) is 0 Å². The molecule has 0 unspecified atom stereocenters. The Morgan fingerprint density at radius 1 is 2.00 bits per heavy atom. The minimum Gasteiger partial charge on any atom is -1.00 e.